The fourth-order valence-corrected chi connectivity index (χ4v) is 2.94. The van der Waals surface area contributed by atoms with Crippen LogP contribution in [0.1, 0.15) is 30.3 Å². The molecule has 1 aromatic heterocycles. The molecule has 2 heterocycles. The number of rotatable bonds is 5. The van der Waals surface area contributed by atoms with E-state index >= 15 is 0 Å². The molecule has 1 aliphatic heterocycles. The van der Waals surface area contributed by atoms with Crippen LogP contribution in [-0.4, -0.2) is 68.6 Å². The van der Waals surface area contributed by atoms with Crippen LogP contribution in [0.3, 0.4) is 0 Å². The molecule has 1 fully saturated rings. The summed E-state index contributed by atoms with van der Waals surface area (Å²) in [7, 11) is 0. The molecule has 1 aromatic rings. The van der Waals surface area contributed by atoms with Gasteiger partial charge in [0.15, 0.2) is 11.5 Å². The van der Waals surface area contributed by atoms with Crippen molar-refractivity contribution >= 4 is 23.3 Å². The summed E-state index contributed by atoms with van der Waals surface area (Å²) in [5, 5.41) is 17.5. The molecule has 116 valence electrons. The third kappa shape index (κ3) is 3.67. The van der Waals surface area contributed by atoms with Crippen LogP contribution in [0.15, 0.2) is 10.5 Å². The fourth-order valence-electron chi connectivity index (χ4n) is 2.51. The number of aromatic nitrogens is 2. The molecule has 0 radical (unpaired) electrons. The lowest BCUT2D eigenvalue weighted by Crippen LogP contribution is -2.55. The Kier molecular flexibility index (Phi) is 5.45. The van der Waals surface area contributed by atoms with Gasteiger partial charge in [-0.2, -0.15) is 0 Å². The van der Waals surface area contributed by atoms with Crippen molar-refractivity contribution in [3.63, 3.8) is 0 Å². The van der Waals surface area contributed by atoms with Crippen LogP contribution in [0.25, 0.3) is 0 Å². The number of carbonyl (C=O) groups excluding carboxylic acids is 1. The smallest absolute Gasteiger partial charge is 0.275 e. The van der Waals surface area contributed by atoms with Gasteiger partial charge < -0.3 is 15.8 Å². The van der Waals surface area contributed by atoms with Gasteiger partial charge in [-0.3, -0.25) is 9.69 Å². The van der Waals surface area contributed by atoms with E-state index in [0.29, 0.717) is 31.9 Å². The van der Waals surface area contributed by atoms with Gasteiger partial charge in [-0.15, -0.1) is 5.10 Å². The zero-order valence-electron chi connectivity index (χ0n) is 12.0. The normalized spacial score (nSPS) is 18.7. The summed E-state index contributed by atoms with van der Waals surface area (Å²) in [6.07, 6.45) is 1.78. The first-order valence-electron chi connectivity index (χ1n) is 6.95. The van der Waals surface area contributed by atoms with Gasteiger partial charge in [-0.25, -0.2) is 0 Å². The Morgan fingerprint density at radius 2 is 2.24 bits per heavy atom. The van der Waals surface area contributed by atoms with Crippen LogP contribution in [0.2, 0.25) is 0 Å². The Labute approximate surface area is 127 Å². The summed E-state index contributed by atoms with van der Waals surface area (Å²) in [5.74, 6) is 0.152. The molecule has 0 spiro atoms. The van der Waals surface area contributed by atoms with Crippen molar-refractivity contribution in [1.29, 1.82) is 0 Å². The van der Waals surface area contributed by atoms with E-state index in [-0.39, 0.29) is 17.8 Å². The van der Waals surface area contributed by atoms with Crippen LogP contribution < -0.4 is 5.73 Å². The first-order valence-corrected chi connectivity index (χ1v) is 7.78. The van der Waals surface area contributed by atoms with Crippen LogP contribution in [0, 0.1) is 0 Å². The average molecular weight is 312 g/mol. The monoisotopic (exact) mass is 312 g/mol. The number of hydrogen-bond donors (Lipinski definition) is 2. The van der Waals surface area contributed by atoms with Crippen molar-refractivity contribution in [3.8, 4) is 0 Å². The van der Waals surface area contributed by atoms with Gasteiger partial charge in [-0.05, 0) is 18.0 Å². The van der Waals surface area contributed by atoms with Crippen LogP contribution in [0.4, 0.5) is 0 Å². The van der Waals surface area contributed by atoms with E-state index in [0.717, 1.165) is 12.8 Å². The highest BCUT2D eigenvalue weighted by molar-refractivity contribution is 7.03. The van der Waals surface area contributed by atoms with Gasteiger partial charge in [0.2, 0.25) is 0 Å². The molecule has 0 bridgehead atoms. The van der Waals surface area contributed by atoms with E-state index in [1.54, 1.807) is 10.3 Å². The summed E-state index contributed by atoms with van der Waals surface area (Å²) in [6.45, 7) is 4.67. The molecule has 3 N–H and O–H groups in total. The summed E-state index contributed by atoms with van der Waals surface area (Å²) < 4.78 is 3.71. The minimum Gasteiger partial charge on any atom is -0.409 e. The Morgan fingerprint density at radius 3 is 2.76 bits per heavy atom. The van der Waals surface area contributed by atoms with Crippen molar-refractivity contribution in [1.82, 2.24) is 19.4 Å². The summed E-state index contributed by atoms with van der Waals surface area (Å²) in [5.41, 5.74) is 6.16. The van der Waals surface area contributed by atoms with Gasteiger partial charge >= 0.3 is 0 Å². The maximum atomic E-state index is 12.2. The first-order chi connectivity index (χ1) is 10.2. The standard InChI is InChI=1S/C12H20N6O2S/c1-2-3-10(11(13)15-20)17-4-6-18(7-5-17)12(19)9-8-21-16-14-9/h8,10,20H,2-7H2,1H3,(H2,13,15). The third-order valence-electron chi connectivity index (χ3n) is 3.64. The van der Waals surface area contributed by atoms with E-state index in [9.17, 15) is 4.79 Å². The molecule has 8 nitrogen and oxygen atoms in total. The minimum absolute atomic E-state index is 0.0711. The van der Waals surface area contributed by atoms with Crippen molar-refractivity contribution in [2.45, 2.75) is 25.8 Å². The molecular weight excluding hydrogens is 292 g/mol. The predicted octanol–water partition coefficient (Wildman–Crippen LogP) is 0.211. The molecule has 1 saturated heterocycles. The highest BCUT2D eigenvalue weighted by Gasteiger charge is 2.29. The molecule has 0 aromatic carbocycles. The Hall–Kier alpha value is -1.74. The molecule has 1 aliphatic rings. The number of oxime groups is 1. The lowest BCUT2D eigenvalue weighted by Gasteiger charge is -2.38. The molecule has 9 heteroatoms. The molecule has 2 rings (SSSR count). The summed E-state index contributed by atoms with van der Waals surface area (Å²) >= 11 is 1.17. The number of carbonyl (C=O) groups is 1. The maximum absolute atomic E-state index is 12.2. The SMILES string of the molecule is CCCC(C(N)=NO)N1CCN(C(=O)c2csnn2)CC1. The first kappa shape index (κ1) is 15.6. The molecule has 1 atom stereocenters. The molecule has 0 aliphatic carbocycles. The molecular formula is C12H20N6O2S. The lowest BCUT2D eigenvalue weighted by molar-refractivity contribution is 0.0600. The number of amides is 1. The van der Waals surface area contributed by atoms with Crippen molar-refractivity contribution in [2.75, 3.05) is 26.2 Å². The topological polar surface area (TPSA) is 108 Å². The summed E-state index contributed by atoms with van der Waals surface area (Å²) in [6, 6.07) is -0.0711. The van der Waals surface area contributed by atoms with Gasteiger partial charge in [-0.1, -0.05) is 23.0 Å². The van der Waals surface area contributed by atoms with Gasteiger partial charge in [0.25, 0.3) is 5.91 Å². The second-order valence-electron chi connectivity index (χ2n) is 4.95. The molecule has 21 heavy (non-hydrogen) atoms. The number of nitrogens with two attached hydrogens (primary N) is 1. The second-order valence-corrected chi connectivity index (χ2v) is 5.56. The van der Waals surface area contributed by atoms with E-state index < -0.39 is 0 Å². The zero-order chi connectivity index (χ0) is 15.2. The average Bonchev–Trinajstić information content (AvgIpc) is 3.06. The predicted molar refractivity (Wildman–Crippen MR) is 79.5 cm³/mol. The van der Waals surface area contributed by atoms with Gasteiger partial charge in [0, 0.05) is 31.6 Å². The molecule has 1 amide bonds. The van der Waals surface area contributed by atoms with E-state index in [2.05, 4.69) is 26.6 Å². The number of hydrogen-bond acceptors (Lipinski definition) is 7. The second kappa shape index (κ2) is 7.32. The summed E-state index contributed by atoms with van der Waals surface area (Å²) in [4.78, 5) is 16.1. The Balaban J connectivity index is 1.94. The van der Waals surface area contributed by atoms with Crippen molar-refractivity contribution < 1.29 is 10.0 Å². The largest absolute Gasteiger partial charge is 0.409 e. The highest BCUT2D eigenvalue weighted by Crippen LogP contribution is 2.13. The molecule has 1 unspecified atom stereocenters. The highest BCUT2D eigenvalue weighted by atomic mass is 32.1. The Bertz CT molecular complexity index is 484. The molecule has 0 saturated carbocycles. The van der Waals surface area contributed by atoms with E-state index in [1.165, 1.54) is 11.5 Å². The lowest BCUT2D eigenvalue weighted by atomic mass is 10.1. The number of amidine groups is 1. The van der Waals surface area contributed by atoms with E-state index in [1.807, 2.05) is 0 Å². The van der Waals surface area contributed by atoms with Crippen LogP contribution in [-0.2, 0) is 0 Å². The van der Waals surface area contributed by atoms with Gasteiger partial charge in [0.05, 0.1) is 6.04 Å². The fraction of sp³-hybridized carbons (Fsp3) is 0.667. The van der Waals surface area contributed by atoms with Gasteiger partial charge in [0.1, 0.15) is 0 Å². The number of piperazine rings is 1. The van der Waals surface area contributed by atoms with Crippen molar-refractivity contribution in [3.05, 3.63) is 11.1 Å². The minimum atomic E-state index is -0.0840. The van der Waals surface area contributed by atoms with Crippen LogP contribution >= 0.6 is 11.5 Å². The Morgan fingerprint density at radius 1 is 1.52 bits per heavy atom. The van der Waals surface area contributed by atoms with Crippen molar-refractivity contribution in [2.24, 2.45) is 10.9 Å². The van der Waals surface area contributed by atoms with E-state index in [4.69, 9.17) is 10.9 Å². The number of nitrogens with zero attached hydrogens (tertiary/aromatic N) is 5. The quantitative estimate of drug-likeness (QED) is 0.348. The maximum Gasteiger partial charge on any atom is 0.275 e. The third-order valence-corrected chi connectivity index (χ3v) is 4.14. The van der Waals surface area contributed by atoms with Crippen LogP contribution in [0.5, 0.6) is 0 Å². The zero-order valence-corrected chi connectivity index (χ0v) is 12.8.